The third kappa shape index (κ3) is 2.08. The average molecular weight is 274 g/mol. The summed E-state index contributed by atoms with van der Waals surface area (Å²) in [4.78, 5) is 15.7. The lowest BCUT2D eigenvalue weighted by Gasteiger charge is -2.31. The molecule has 0 aliphatic heterocycles. The number of hydrogen-bond acceptors (Lipinski definition) is 3. The maximum Gasteiger partial charge on any atom is 0.337 e. The molecule has 1 aromatic heterocycles. The van der Waals surface area contributed by atoms with Crippen LogP contribution in [0.15, 0.2) is 24.5 Å². The molecule has 2 unspecified atom stereocenters. The van der Waals surface area contributed by atoms with E-state index < -0.39 is 5.97 Å². The molecule has 0 amide bonds. The first-order chi connectivity index (χ1) is 9.72. The van der Waals surface area contributed by atoms with Crippen molar-refractivity contribution in [2.24, 2.45) is 5.92 Å². The van der Waals surface area contributed by atoms with Crippen molar-refractivity contribution in [3.05, 3.63) is 30.1 Å². The number of nitrogens with zero attached hydrogens (tertiary/aromatic N) is 2. The summed E-state index contributed by atoms with van der Waals surface area (Å²) in [6, 6.07) is 5.29. The molecule has 1 fully saturated rings. The summed E-state index contributed by atoms with van der Waals surface area (Å²) in [7, 11) is 0. The number of aliphatic hydroxyl groups excluding tert-OH is 1. The summed E-state index contributed by atoms with van der Waals surface area (Å²) in [5.41, 5.74) is 1.65. The zero-order chi connectivity index (χ0) is 14.1. The molecule has 1 aliphatic carbocycles. The largest absolute Gasteiger partial charge is 0.478 e. The van der Waals surface area contributed by atoms with Crippen LogP contribution in [-0.2, 0) is 0 Å². The van der Waals surface area contributed by atoms with Crippen molar-refractivity contribution in [2.75, 3.05) is 6.61 Å². The van der Waals surface area contributed by atoms with Crippen molar-refractivity contribution in [2.45, 2.75) is 31.7 Å². The second-order valence-electron chi connectivity index (χ2n) is 5.42. The lowest BCUT2D eigenvalue weighted by Crippen LogP contribution is -2.25. The number of hydrogen-bond donors (Lipinski definition) is 2. The van der Waals surface area contributed by atoms with E-state index in [0.29, 0.717) is 11.0 Å². The summed E-state index contributed by atoms with van der Waals surface area (Å²) in [6.07, 6.45) is 5.90. The molecule has 1 aliphatic rings. The van der Waals surface area contributed by atoms with Crippen LogP contribution in [0.5, 0.6) is 0 Å². The molecule has 3 rings (SSSR count). The van der Waals surface area contributed by atoms with Gasteiger partial charge in [0.1, 0.15) is 0 Å². The van der Waals surface area contributed by atoms with Crippen molar-refractivity contribution in [1.82, 2.24) is 9.55 Å². The Morgan fingerprint density at radius 3 is 2.90 bits per heavy atom. The van der Waals surface area contributed by atoms with Gasteiger partial charge in [-0.1, -0.05) is 18.9 Å². The maximum absolute atomic E-state index is 11.4. The minimum atomic E-state index is -0.936. The first-order valence-electron chi connectivity index (χ1n) is 7.02. The summed E-state index contributed by atoms with van der Waals surface area (Å²) in [6.45, 7) is 0.138. The van der Waals surface area contributed by atoms with Crippen LogP contribution in [0.2, 0.25) is 0 Å². The summed E-state index contributed by atoms with van der Waals surface area (Å²) >= 11 is 0. The second-order valence-corrected chi connectivity index (χ2v) is 5.42. The van der Waals surface area contributed by atoms with Crippen molar-refractivity contribution >= 4 is 17.0 Å². The SMILES string of the molecule is O=C(O)c1cccc2ncn(C3CCCCC3CO)c12. The van der Waals surface area contributed by atoms with E-state index in [1.807, 2.05) is 10.6 Å². The average Bonchev–Trinajstić information content (AvgIpc) is 2.90. The number of carboxylic acid groups (broad SMARTS) is 1. The highest BCUT2D eigenvalue weighted by atomic mass is 16.4. The number of imidazole rings is 1. The smallest absolute Gasteiger partial charge is 0.337 e. The van der Waals surface area contributed by atoms with Crippen LogP contribution in [0, 0.1) is 5.92 Å². The van der Waals surface area contributed by atoms with Gasteiger partial charge in [0.15, 0.2) is 0 Å². The first-order valence-corrected chi connectivity index (χ1v) is 7.02. The number of carbonyl (C=O) groups is 1. The number of para-hydroxylation sites is 1. The maximum atomic E-state index is 11.4. The second kappa shape index (κ2) is 5.25. The predicted octanol–water partition coefficient (Wildman–Crippen LogP) is 2.46. The van der Waals surface area contributed by atoms with Crippen molar-refractivity contribution < 1.29 is 15.0 Å². The quantitative estimate of drug-likeness (QED) is 0.901. The molecule has 2 N–H and O–H groups in total. The molecule has 2 aromatic rings. The van der Waals surface area contributed by atoms with Gasteiger partial charge in [-0.25, -0.2) is 9.78 Å². The van der Waals surface area contributed by atoms with E-state index in [2.05, 4.69) is 4.98 Å². The normalized spacial score (nSPS) is 23.1. The standard InChI is InChI=1S/C15H18N2O3/c18-8-10-4-1-2-7-13(10)17-9-16-12-6-3-5-11(14(12)17)15(19)20/h3,5-6,9-10,13,18H,1-2,4,7-8H2,(H,19,20). The molecular formula is C15H18N2O3. The van der Waals surface area contributed by atoms with E-state index in [-0.39, 0.29) is 24.1 Å². The van der Waals surface area contributed by atoms with Gasteiger partial charge in [-0.3, -0.25) is 0 Å². The van der Waals surface area contributed by atoms with Gasteiger partial charge in [0.2, 0.25) is 0 Å². The van der Waals surface area contributed by atoms with E-state index in [4.69, 9.17) is 0 Å². The van der Waals surface area contributed by atoms with E-state index in [1.54, 1.807) is 18.5 Å². The molecule has 20 heavy (non-hydrogen) atoms. The Kier molecular flexibility index (Phi) is 3.44. The van der Waals surface area contributed by atoms with Crippen LogP contribution >= 0.6 is 0 Å². The third-order valence-electron chi connectivity index (χ3n) is 4.29. The Hall–Kier alpha value is -1.88. The highest BCUT2D eigenvalue weighted by molar-refractivity contribution is 6.01. The minimum absolute atomic E-state index is 0.138. The van der Waals surface area contributed by atoms with Crippen molar-refractivity contribution in [1.29, 1.82) is 0 Å². The topological polar surface area (TPSA) is 75.3 Å². The fraction of sp³-hybridized carbons (Fsp3) is 0.467. The zero-order valence-electron chi connectivity index (χ0n) is 11.2. The lowest BCUT2D eigenvalue weighted by molar-refractivity contribution is 0.0698. The van der Waals surface area contributed by atoms with Gasteiger partial charge in [0, 0.05) is 18.6 Å². The van der Waals surface area contributed by atoms with E-state index >= 15 is 0 Å². The monoisotopic (exact) mass is 274 g/mol. The van der Waals surface area contributed by atoms with Crippen LogP contribution in [0.1, 0.15) is 42.1 Å². The van der Waals surface area contributed by atoms with Crippen LogP contribution in [0.25, 0.3) is 11.0 Å². The molecule has 0 radical (unpaired) electrons. The predicted molar refractivity (Wildman–Crippen MR) is 74.8 cm³/mol. The van der Waals surface area contributed by atoms with Crippen LogP contribution in [0.3, 0.4) is 0 Å². The molecule has 5 heteroatoms. The minimum Gasteiger partial charge on any atom is -0.478 e. The van der Waals surface area contributed by atoms with Gasteiger partial charge < -0.3 is 14.8 Å². The van der Waals surface area contributed by atoms with E-state index in [1.165, 1.54) is 0 Å². The Morgan fingerprint density at radius 1 is 1.35 bits per heavy atom. The zero-order valence-corrected chi connectivity index (χ0v) is 11.2. The van der Waals surface area contributed by atoms with Crippen LogP contribution in [-0.4, -0.2) is 32.3 Å². The molecule has 106 valence electrons. The van der Waals surface area contributed by atoms with Gasteiger partial charge in [-0.05, 0) is 25.0 Å². The Bertz CT molecular complexity index is 635. The highest BCUT2D eigenvalue weighted by Crippen LogP contribution is 2.36. The third-order valence-corrected chi connectivity index (χ3v) is 4.29. The Morgan fingerprint density at radius 2 is 2.15 bits per heavy atom. The molecule has 0 saturated heterocycles. The molecule has 1 aromatic carbocycles. The molecule has 1 heterocycles. The highest BCUT2D eigenvalue weighted by Gasteiger charge is 2.28. The van der Waals surface area contributed by atoms with Gasteiger partial charge in [0.25, 0.3) is 0 Å². The molecule has 0 bridgehead atoms. The van der Waals surface area contributed by atoms with Gasteiger partial charge in [-0.2, -0.15) is 0 Å². The number of aliphatic hydroxyl groups is 1. The fourth-order valence-corrected chi connectivity index (χ4v) is 3.28. The van der Waals surface area contributed by atoms with E-state index in [0.717, 1.165) is 25.7 Å². The number of fused-ring (bicyclic) bond motifs is 1. The first kappa shape index (κ1) is 13.1. The number of carboxylic acids is 1. The summed E-state index contributed by atoms with van der Waals surface area (Å²) < 4.78 is 1.96. The lowest BCUT2D eigenvalue weighted by atomic mass is 9.84. The van der Waals surface area contributed by atoms with Gasteiger partial charge in [0.05, 0.1) is 22.9 Å². The van der Waals surface area contributed by atoms with Gasteiger partial charge in [-0.15, -0.1) is 0 Å². The molecule has 2 atom stereocenters. The summed E-state index contributed by atoms with van der Waals surface area (Å²) in [5, 5.41) is 18.9. The Balaban J connectivity index is 2.13. The summed E-state index contributed by atoms with van der Waals surface area (Å²) in [5.74, 6) is -0.753. The van der Waals surface area contributed by atoms with Crippen LogP contribution in [0.4, 0.5) is 0 Å². The number of rotatable bonds is 3. The fourth-order valence-electron chi connectivity index (χ4n) is 3.28. The van der Waals surface area contributed by atoms with E-state index in [9.17, 15) is 15.0 Å². The van der Waals surface area contributed by atoms with Crippen molar-refractivity contribution in [3.63, 3.8) is 0 Å². The number of aromatic nitrogens is 2. The number of aromatic carboxylic acids is 1. The Labute approximate surface area is 116 Å². The number of benzene rings is 1. The molecule has 0 spiro atoms. The van der Waals surface area contributed by atoms with Crippen molar-refractivity contribution in [3.8, 4) is 0 Å². The molecular weight excluding hydrogens is 256 g/mol. The molecule has 5 nitrogen and oxygen atoms in total. The van der Waals surface area contributed by atoms with Crippen LogP contribution < -0.4 is 0 Å². The molecule has 1 saturated carbocycles. The van der Waals surface area contributed by atoms with Gasteiger partial charge >= 0.3 is 5.97 Å².